The summed E-state index contributed by atoms with van der Waals surface area (Å²) in [5, 5.41) is 2.82. The first-order valence-electron chi connectivity index (χ1n) is 8.23. The molecule has 1 amide bonds. The van der Waals surface area contributed by atoms with Gasteiger partial charge in [0, 0.05) is 12.7 Å². The minimum absolute atomic E-state index is 0.188. The predicted molar refractivity (Wildman–Crippen MR) is 95.9 cm³/mol. The number of amides is 1. The molecule has 0 atom stereocenters. The molecule has 2 heterocycles. The van der Waals surface area contributed by atoms with Crippen LogP contribution in [-0.4, -0.2) is 23.6 Å². The SMILES string of the molecule is COC(=O)c1cc(CNC(=O)c2cccn2Cc2ccccc2)oc1C. The highest BCUT2D eigenvalue weighted by atomic mass is 16.5. The van der Waals surface area contributed by atoms with Gasteiger partial charge in [0.1, 0.15) is 22.8 Å². The van der Waals surface area contributed by atoms with Crippen LogP contribution >= 0.6 is 0 Å². The van der Waals surface area contributed by atoms with Crippen molar-refractivity contribution in [3.63, 3.8) is 0 Å². The lowest BCUT2D eigenvalue weighted by Crippen LogP contribution is -2.25. The lowest BCUT2D eigenvalue weighted by Gasteiger charge is -2.09. The van der Waals surface area contributed by atoms with Crippen LogP contribution in [0.5, 0.6) is 0 Å². The van der Waals surface area contributed by atoms with E-state index in [4.69, 9.17) is 9.15 Å². The van der Waals surface area contributed by atoms with Crippen molar-refractivity contribution in [1.82, 2.24) is 9.88 Å². The molecule has 134 valence electrons. The molecule has 3 rings (SSSR count). The van der Waals surface area contributed by atoms with Gasteiger partial charge in [0.2, 0.25) is 0 Å². The molecule has 0 bridgehead atoms. The van der Waals surface area contributed by atoms with Gasteiger partial charge in [-0.1, -0.05) is 30.3 Å². The van der Waals surface area contributed by atoms with E-state index in [0.717, 1.165) is 5.56 Å². The first-order valence-corrected chi connectivity index (χ1v) is 8.23. The van der Waals surface area contributed by atoms with Gasteiger partial charge in [-0.25, -0.2) is 4.79 Å². The van der Waals surface area contributed by atoms with E-state index in [1.54, 1.807) is 19.1 Å². The summed E-state index contributed by atoms with van der Waals surface area (Å²) >= 11 is 0. The van der Waals surface area contributed by atoms with Crippen LogP contribution in [0.3, 0.4) is 0 Å². The summed E-state index contributed by atoms with van der Waals surface area (Å²) in [6, 6.07) is 15.1. The lowest BCUT2D eigenvalue weighted by molar-refractivity contribution is 0.0598. The summed E-state index contributed by atoms with van der Waals surface area (Å²) in [6.45, 7) is 2.48. The molecule has 0 aliphatic rings. The lowest BCUT2D eigenvalue weighted by atomic mass is 10.2. The van der Waals surface area contributed by atoms with Crippen molar-refractivity contribution < 1.29 is 18.7 Å². The van der Waals surface area contributed by atoms with Crippen molar-refractivity contribution in [3.8, 4) is 0 Å². The highest BCUT2D eigenvalue weighted by Gasteiger charge is 2.17. The van der Waals surface area contributed by atoms with Crippen molar-refractivity contribution >= 4 is 11.9 Å². The molecule has 0 saturated heterocycles. The van der Waals surface area contributed by atoms with Crippen molar-refractivity contribution in [2.75, 3.05) is 7.11 Å². The van der Waals surface area contributed by atoms with Gasteiger partial charge >= 0.3 is 5.97 Å². The van der Waals surface area contributed by atoms with Gasteiger partial charge in [0.05, 0.1) is 13.7 Å². The zero-order valence-corrected chi connectivity index (χ0v) is 14.7. The van der Waals surface area contributed by atoms with Gasteiger partial charge in [-0.2, -0.15) is 0 Å². The maximum Gasteiger partial charge on any atom is 0.341 e. The number of nitrogens with one attached hydrogen (secondary N) is 1. The first kappa shape index (κ1) is 17.5. The Morgan fingerprint density at radius 3 is 2.65 bits per heavy atom. The molecule has 3 aromatic rings. The fourth-order valence-electron chi connectivity index (χ4n) is 2.74. The summed E-state index contributed by atoms with van der Waals surface area (Å²) in [5.41, 5.74) is 2.04. The van der Waals surface area contributed by atoms with E-state index in [2.05, 4.69) is 5.32 Å². The van der Waals surface area contributed by atoms with Crippen LogP contribution in [0.15, 0.2) is 59.1 Å². The van der Waals surface area contributed by atoms with E-state index in [1.807, 2.05) is 47.2 Å². The highest BCUT2D eigenvalue weighted by Crippen LogP contribution is 2.16. The third kappa shape index (κ3) is 3.85. The van der Waals surface area contributed by atoms with E-state index in [0.29, 0.717) is 29.3 Å². The van der Waals surface area contributed by atoms with Crippen molar-refractivity contribution in [3.05, 3.63) is 83.1 Å². The minimum Gasteiger partial charge on any atom is -0.465 e. The Kier molecular flexibility index (Phi) is 5.22. The molecule has 0 spiro atoms. The Morgan fingerprint density at radius 1 is 1.15 bits per heavy atom. The molecule has 0 aliphatic heterocycles. The maximum absolute atomic E-state index is 12.5. The number of nitrogens with zero attached hydrogens (tertiary/aromatic N) is 1. The Labute approximate surface area is 151 Å². The van der Waals surface area contributed by atoms with E-state index < -0.39 is 5.97 Å². The molecule has 0 aliphatic carbocycles. The fraction of sp³-hybridized carbons (Fsp3) is 0.200. The zero-order chi connectivity index (χ0) is 18.5. The van der Waals surface area contributed by atoms with Crippen molar-refractivity contribution in [2.24, 2.45) is 0 Å². The predicted octanol–water partition coefficient (Wildman–Crippen LogP) is 3.15. The molecule has 0 radical (unpaired) electrons. The second-order valence-electron chi connectivity index (χ2n) is 5.86. The molecule has 6 nitrogen and oxygen atoms in total. The summed E-state index contributed by atoms with van der Waals surface area (Å²) in [7, 11) is 1.32. The van der Waals surface area contributed by atoms with Crippen LogP contribution in [0, 0.1) is 6.92 Å². The van der Waals surface area contributed by atoms with Crippen LogP contribution in [-0.2, 0) is 17.8 Å². The number of esters is 1. The van der Waals surface area contributed by atoms with Gasteiger partial charge in [-0.05, 0) is 30.7 Å². The number of furan rings is 1. The number of hydrogen-bond acceptors (Lipinski definition) is 4. The normalized spacial score (nSPS) is 10.5. The molecular formula is C20H20N2O4. The summed E-state index contributed by atoms with van der Waals surface area (Å²) in [4.78, 5) is 24.1. The van der Waals surface area contributed by atoms with Crippen LogP contribution < -0.4 is 5.32 Å². The summed E-state index contributed by atoms with van der Waals surface area (Å²) in [5.74, 6) is 0.297. The van der Waals surface area contributed by atoms with Crippen LogP contribution in [0.25, 0.3) is 0 Å². The van der Waals surface area contributed by atoms with Crippen molar-refractivity contribution in [1.29, 1.82) is 0 Å². The molecule has 0 saturated carbocycles. The number of carbonyl (C=O) groups excluding carboxylic acids is 2. The van der Waals surface area contributed by atoms with Crippen molar-refractivity contribution in [2.45, 2.75) is 20.0 Å². The number of benzene rings is 1. The average Bonchev–Trinajstić information content (AvgIpc) is 3.26. The van der Waals surface area contributed by atoms with E-state index in [9.17, 15) is 9.59 Å². The monoisotopic (exact) mass is 352 g/mol. The molecule has 1 N–H and O–H groups in total. The third-order valence-corrected chi connectivity index (χ3v) is 4.06. The van der Waals surface area contributed by atoms with Gasteiger partial charge < -0.3 is 19.0 Å². The molecule has 2 aromatic heterocycles. The maximum atomic E-state index is 12.5. The molecule has 6 heteroatoms. The van der Waals surface area contributed by atoms with Gasteiger partial charge in [0.15, 0.2) is 0 Å². The topological polar surface area (TPSA) is 73.5 Å². The molecule has 0 fully saturated rings. The molecule has 26 heavy (non-hydrogen) atoms. The Morgan fingerprint density at radius 2 is 1.92 bits per heavy atom. The summed E-state index contributed by atoms with van der Waals surface area (Å²) in [6.07, 6.45) is 1.87. The van der Waals surface area contributed by atoms with E-state index in [-0.39, 0.29) is 12.5 Å². The number of aromatic nitrogens is 1. The molecule has 1 aromatic carbocycles. The number of hydrogen-bond donors (Lipinski definition) is 1. The first-order chi connectivity index (χ1) is 12.6. The Hall–Kier alpha value is -3.28. The Bertz CT molecular complexity index is 909. The molecular weight excluding hydrogens is 332 g/mol. The second-order valence-corrected chi connectivity index (χ2v) is 5.86. The van der Waals surface area contributed by atoms with Crippen LogP contribution in [0.4, 0.5) is 0 Å². The smallest absolute Gasteiger partial charge is 0.341 e. The number of rotatable bonds is 6. The van der Waals surface area contributed by atoms with Gasteiger partial charge in [0.25, 0.3) is 5.91 Å². The largest absolute Gasteiger partial charge is 0.465 e. The van der Waals surface area contributed by atoms with Gasteiger partial charge in [-0.15, -0.1) is 0 Å². The zero-order valence-electron chi connectivity index (χ0n) is 14.7. The third-order valence-electron chi connectivity index (χ3n) is 4.06. The van der Waals surface area contributed by atoms with E-state index >= 15 is 0 Å². The van der Waals surface area contributed by atoms with E-state index in [1.165, 1.54) is 7.11 Å². The Balaban J connectivity index is 1.66. The fourth-order valence-corrected chi connectivity index (χ4v) is 2.74. The number of aryl methyl sites for hydroxylation is 1. The minimum atomic E-state index is -0.458. The number of methoxy groups -OCH3 is 1. The quantitative estimate of drug-likeness (QED) is 0.692. The standard InChI is InChI=1S/C20H20N2O4/c1-14-17(20(24)25-2)11-16(26-14)12-21-19(23)18-9-6-10-22(18)13-15-7-4-3-5-8-15/h3-11H,12-13H2,1-2H3,(H,21,23). The van der Waals surface area contributed by atoms with Gasteiger partial charge in [-0.3, -0.25) is 4.79 Å². The second kappa shape index (κ2) is 7.74. The van der Waals surface area contributed by atoms with Crippen LogP contribution in [0.2, 0.25) is 0 Å². The highest BCUT2D eigenvalue weighted by molar-refractivity contribution is 5.93. The average molecular weight is 352 g/mol. The number of carbonyl (C=O) groups is 2. The number of ether oxygens (including phenoxy) is 1. The van der Waals surface area contributed by atoms with Crippen LogP contribution in [0.1, 0.15) is 37.9 Å². The molecule has 0 unspecified atom stereocenters. The summed E-state index contributed by atoms with van der Waals surface area (Å²) < 4.78 is 12.1.